The average molecular weight is 326 g/mol. The molecule has 2 N–H and O–H groups in total. The number of aromatic hydroxyl groups is 1. The molecule has 0 fully saturated rings. The molecule has 0 spiro atoms. The molecular weight excluding hydrogens is 304 g/mol. The Hall–Kier alpha value is -2.69. The number of rotatable bonds is 3. The first-order valence-electron chi connectivity index (χ1n) is 8.01. The number of phenols is 1. The Labute approximate surface area is 141 Å². The minimum absolute atomic E-state index is 0.147. The van der Waals surface area contributed by atoms with Crippen molar-refractivity contribution in [2.24, 2.45) is 0 Å². The molecule has 0 aromatic heterocycles. The summed E-state index contributed by atoms with van der Waals surface area (Å²) in [5.41, 5.74) is 3.04. The fourth-order valence-corrected chi connectivity index (χ4v) is 2.89. The molecule has 2 aromatic rings. The molecule has 0 radical (unpaired) electrons. The van der Waals surface area contributed by atoms with E-state index in [1.165, 1.54) is 0 Å². The first kappa shape index (κ1) is 16.2. The van der Waals surface area contributed by atoms with Crippen LogP contribution in [0.3, 0.4) is 0 Å². The van der Waals surface area contributed by atoms with Gasteiger partial charge in [0, 0.05) is 12.6 Å². The van der Waals surface area contributed by atoms with E-state index in [4.69, 9.17) is 4.74 Å². The normalized spacial score (nSPS) is 16.9. The lowest BCUT2D eigenvalue weighted by molar-refractivity contribution is 0.187. The molecule has 2 aromatic carbocycles. The summed E-state index contributed by atoms with van der Waals surface area (Å²) in [4.78, 5) is 14.2. The number of hydrogen-bond donors (Lipinski definition) is 2. The van der Waals surface area contributed by atoms with E-state index in [0.717, 1.165) is 22.4 Å². The Morgan fingerprint density at radius 3 is 2.88 bits per heavy atom. The molecule has 1 aliphatic rings. The number of carbonyl (C=O) groups excluding carboxylic acids is 1. The van der Waals surface area contributed by atoms with Gasteiger partial charge in [0.1, 0.15) is 18.1 Å². The van der Waals surface area contributed by atoms with Gasteiger partial charge in [-0.05, 0) is 37.6 Å². The second-order valence-corrected chi connectivity index (χ2v) is 6.24. The van der Waals surface area contributed by atoms with Gasteiger partial charge in [0.15, 0.2) is 0 Å². The molecule has 1 heterocycles. The molecule has 2 amide bonds. The molecular formula is C19H22N2O3. The molecule has 5 heteroatoms. The molecule has 0 aliphatic carbocycles. The van der Waals surface area contributed by atoms with Gasteiger partial charge in [0.05, 0.1) is 12.1 Å². The van der Waals surface area contributed by atoms with Gasteiger partial charge in [-0.1, -0.05) is 29.8 Å². The number of benzene rings is 2. The zero-order valence-electron chi connectivity index (χ0n) is 14.1. The maximum atomic E-state index is 12.6. The number of aryl methyl sites for hydroxylation is 1. The van der Waals surface area contributed by atoms with Crippen molar-refractivity contribution >= 4 is 6.03 Å². The molecule has 0 saturated carbocycles. The molecule has 1 aliphatic heterocycles. The number of phenolic OH excluding ortho intramolecular Hbond substituents is 1. The van der Waals surface area contributed by atoms with Gasteiger partial charge < -0.3 is 20.1 Å². The predicted octanol–water partition coefficient (Wildman–Crippen LogP) is 3.54. The van der Waals surface area contributed by atoms with Gasteiger partial charge in [-0.3, -0.25) is 0 Å². The van der Waals surface area contributed by atoms with Crippen molar-refractivity contribution in [2.75, 3.05) is 13.7 Å². The standard InChI is InChI=1S/C19H22N2O3/c1-12-7-8-18-16(9-12)17(11-24-18)20-19(23)21(3)13(2)14-5-4-6-15(22)10-14/h4-10,13,17,22H,11H2,1-3H3,(H,20,23)/t13-,17-/m0/s1. The Bertz CT molecular complexity index is 760. The third-order valence-electron chi connectivity index (χ3n) is 4.50. The monoisotopic (exact) mass is 326 g/mol. The van der Waals surface area contributed by atoms with Gasteiger partial charge in [-0.25, -0.2) is 4.79 Å². The maximum absolute atomic E-state index is 12.6. The number of nitrogens with one attached hydrogen (secondary N) is 1. The van der Waals surface area contributed by atoms with Crippen LogP contribution < -0.4 is 10.1 Å². The van der Waals surface area contributed by atoms with E-state index >= 15 is 0 Å². The maximum Gasteiger partial charge on any atom is 0.318 e. The first-order valence-corrected chi connectivity index (χ1v) is 8.01. The van der Waals surface area contributed by atoms with Crippen LogP contribution in [0.5, 0.6) is 11.5 Å². The Morgan fingerprint density at radius 1 is 1.33 bits per heavy atom. The molecule has 0 unspecified atom stereocenters. The third kappa shape index (κ3) is 3.15. The average Bonchev–Trinajstić information content (AvgIpc) is 2.95. The zero-order valence-corrected chi connectivity index (χ0v) is 14.1. The summed E-state index contributed by atoms with van der Waals surface area (Å²) in [5, 5.41) is 12.6. The van der Waals surface area contributed by atoms with Crippen LogP contribution in [-0.2, 0) is 0 Å². The lowest BCUT2D eigenvalue weighted by Gasteiger charge is -2.27. The molecule has 3 rings (SSSR count). The Morgan fingerprint density at radius 2 is 2.12 bits per heavy atom. The number of ether oxygens (including phenoxy) is 1. The van der Waals surface area contributed by atoms with Crippen LogP contribution in [0.15, 0.2) is 42.5 Å². The van der Waals surface area contributed by atoms with Crippen LogP contribution in [0.1, 0.15) is 35.7 Å². The van der Waals surface area contributed by atoms with Crippen molar-refractivity contribution in [1.82, 2.24) is 10.2 Å². The van der Waals surface area contributed by atoms with Crippen LogP contribution >= 0.6 is 0 Å². The fraction of sp³-hybridized carbons (Fsp3) is 0.316. The molecule has 24 heavy (non-hydrogen) atoms. The molecule has 5 nitrogen and oxygen atoms in total. The second-order valence-electron chi connectivity index (χ2n) is 6.24. The lowest BCUT2D eigenvalue weighted by Crippen LogP contribution is -2.41. The molecule has 2 atom stereocenters. The van der Waals surface area contributed by atoms with Crippen molar-refractivity contribution in [3.63, 3.8) is 0 Å². The smallest absolute Gasteiger partial charge is 0.318 e. The third-order valence-corrected chi connectivity index (χ3v) is 4.50. The topological polar surface area (TPSA) is 61.8 Å². The van der Waals surface area contributed by atoms with E-state index in [9.17, 15) is 9.90 Å². The van der Waals surface area contributed by atoms with Gasteiger partial charge in [0.2, 0.25) is 0 Å². The van der Waals surface area contributed by atoms with Crippen molar-refractivity contribution in [1.29, 1.82) is 0 Å². The van der Waals surface area contributed by atoms with Crippen LogP contribution in [0.25, 0.3) is 0 Å². The number of nitrogens with zero attached hydrogens (tertiary/aromatic N) is 1. The van der Waals surface area contributed by atoms with Crippen LogP contribution in [0.2, 0.25) is 0 Å². The highest BCUT2D eigenvalue weighted by molar-refractivity contribution is 5.75. The highest BCUT2D eigenvalue weighted by atomic mass is 16.5. The van der Waals surface area contributed by atoms with E-state index < -0.39 is 0 Å². The number of carbonyl (C=O) groups is 1. The Balaban J connectivity index is 1.71. The predicted molar refractivity (Wildman–Crippen MR) is 92.2 cm³/mol. The summed E-state index contributed by atoms with van der Waals surface area (Å²) in [6.45, 7) is 4.39. The van der Waals surface area contributed by atoms with Crippen molar-refractivity contribution in [2.45, 2.75) is 25.9 Å². The largest absolute Gasteiger partial charge is 0.508 e. The van der Waals surface area contributed by atoms with E-state index in [0.29, 0.717) is 6.61 Å². The fourth-order valence-electron chi connectivity index (χ4n) is 2.89. The Kier molecular flexibility index (Phi) is 4.34. The van der Waals surface area contributed by atoms with Crippen LogP contribution in [-0.4, -0.2) is 29.7 Å². The van der Waals surface area contributed by atoms with Gasteiger partial charge in [0.25, 0.3) is 0 Å². The number of hydrogen-bond acceptors (Lipinski definition) is 3. The molecule has 0 saturated heterocycles. The minimum Gasteiger partial charge on any atom is -0.508 e. The summed E-state index contributed by atoms with van der Waals surface area (Å²) >= 11 is 0. The number of urea groups is 1. The van der Waals surface area contributed by atoms with Gasteiger partial charge >= 0.3 is 6.03 Å². The second kappa shape index (κ2) is 6.43. The van der Waals surface area contributed by atoms with Crippen molar-refractivity contribution < 1.29 is 14.6 Å². The van der Waals surface area contributed by atoms with Crippen molar-refractivity contribution in [3.8, 4) is 11.5 Å². The summed E-state index contributed by atoms with van der Waals surface area (Å²) < 4.78 is 5.64. The van der Waals surface area contributed by atoms with E-state index in [-0.39, 0.29) is 23.9 Å². The van der Waals surface area contributed by atoms with Crippen LogP contribution in [0.4, 0.5) is 4.79 Å². The highest BCUT2D eigenvalue weighted by Crippen LogP contribution is 2.33. The quantitative estimate of drug-likeness (QED) is 0.907. The zero-order chi connectivity index (χ0) is 17.3. The first-order chi connectivity index (χ1) is 11.5. The summed E-state index contributed by atoms with van der Waals surface area (Å²) in [7, 11) is 1.75. The SMILES string of the molecule is Cc1ccc2c(c1)[C@@H](NC(=O)N(C)[C@@H](C)c1cccc(O)c1)CO2. The lowest BCUT2D eigenvalue weighted by atomic mass is 10.1. The van der Waals surface area contributed by atoms with Gasteiger partial charge in [-0.2, -0.15) is 0 Å². The highest BCUT2D eigenvalue weighted by Gasteiger charge is 2.28. The molecule has 0 bridgehead atoms. The summed E-state index contributed by atoms with van der Waals surface area (Å²) in [5.74, 6) is 1.02. The number of fused-ring (bicyclic) bond motifs is 1. The summed E-state index contributed by atoms with van der Waals surface area (Å²) in [6.07, 6.45) is 0. The number of amides is 2. The van der Waals surface area contributed by atoms with E-state index in [1.807, 2.05) is 38.1 Å². The summed E-state index contributed by atoms with van der Waals surface area (Å²) in [6, 6.07) is 12.5. The minimum atomic E-state index is -0.172. The molecule has 126 valence electrons. The van der Waals surface area contributed by atoms with Crippen LogP contribution in [0, 0.1) is 6.92 Å². The van der Waals surface area contributed by atoms with Gasteiger partial charge in [-0.15, -0.1) is 0 Å². The van der Waals surface area contributed by atoms with Crippen molar-refractivity contribution in [3.05, 3.63) is 59.2 Å². The van der Waals surface area contributed by atoms with E-state index in [2.05, 4.69) is 5.32 Å². The van der Waals surface area contributed by atoms with E-state index in [1.54, 1.807) is 30.1 Å².